The number of anilines is 1. The van der Waals surface area contributed by atoms with Crippen LogP contribution in [0.15, 0.2) is 6.07 Å². The predicted molar refractivity (Wildman–Crippen MR) is 63.9 cm³/mol. The molecule has 0 bridgehead atoms. The van der Waals surface area contributed by atoms with E-state index < -0.39 is 0 Å². The van der Waals surface area contributed by atoms with Crippen LogP contribution in [0.5, 0.6) is 0 Å². The fourth-order valence-corrected chi connectivity index (χ4v) is 1.72. The smallest absolute Gasteiger partial charge is 0.146 e. The Kier molecular flexibility index (Phi) is 3.55. The van der Waals surface area contributed by atoms with Crippen LogP contribution < -0.4 is 4.90 Å². The first-order valence-electron chi connectivity index (χ1n) is 5.82. The summed E-state index contributed by atoms with van der Waals surface area (Å²) >= 11 is 0. The van der Waals surface area contributed by atoms with Gasteiger partial charge in [-0.1, -0.05) is 13.8 Å². The molecule has 1 saturated heterocycles. The summed E-state index contributed by atoms with van der Waals surface area (Å²) in [5, 5.41) is 8.98. The molecule has 5 nitrogen and oxygen atoms in total. The zero-order valence-electron chi connectivity index (χ0n) is 10.2. The van der Waals surface area contributed by atoms with Crippen molar-refractivity contribution in [3.63, 3.8) is 0 Å². The lowest BCUT2D eigenvalue weighted by Crippen LogP contribution is -2.37. The van der Waals surface area contributed by atoms with Gasteiger partial charge in [-0.25, -0.2) is 9.97 Å². The largest absolute Gasteiger partial charge is 0.378 e. The van der Waals surface area contributed by atoms with Gasteiger partial charge in [0, 0.05) is 25.1 Å². The number of nitrogens with zero attached hydrogens (tertiary/aromatic N) is 4. The minimum atomic E-state index is 0.225. The summed E-state index contributed by atoms with van der Waals surface area (Å²) in [5.74, 6) is 1.79. The first kappa shape index (κ1) is 11.8. The van der Waals surface area contributed by atoms with Gasteiger partial charge < -0.3 is 9.64 Å². The lowest BCUT2D eigenvalue weighted by molar-refractivity contribution is 0.122. The number of hydrogen-bond donors (Lipinski definition) is 0. The third-order valence-electron chi connectivity index (χ3n) is 2.70. The highest BCUT2D eigenvalue weighted by Gasteiger charge is 2.15. The molecule has 0 unspecified atom stereocenters. The second-order valence-electron chi connectivity index (χ2n) is 4.34. The number of aromatic nitrogens is 2. The lowest BCUT2D eigenvalue weighted by atomic mass is 10.2. The highest BCUT2D eigenvalue weighted by Crippen LogP contribution is 2.18. The molecule has 1 aromatic heterocycles. The normalized spacial score (nSPS) is 16.0. The van der Waals surface area contributed by atoms with Gasteiger partial charge in [-0.15, -0.1) is 0 Å². The molecule has 90 valence electrons. The van der Waals surface area contributed by atoms with Crippen molar-refractivity contribution in [2.24, 2.45) is 0 Å². The quantitative estimate of drug-likeness (QED) is 0.769. The molecule has 0 atom stereocenters. The van der Waals surface area contributed by atoms with Crippen molar-refractivity contribution >= 4 is 5.82 Å². The molecule has 2 rings (SSSR count). The maximum atomic E-state index is 8.98. The predicted octanol–water partition coefficient (Wildman–Crippen LogP) is 1.31. The van der Waals surface area contributed by atoms with Crippen LogP contribution in [0, 0.1) is 11.3 Å². The standard InChI is InChI=1S/C12H16N4O/c1-9(2)12-14-10(8-13)7-11(15-12)16-3-5-17-6-4-16/h7,9H,3-6H2,1-2H3. The van der Waals surface area contributed by atoms with Crippen molar-refractivity contribution < 1.29 is 4.74 Å². The number of morpholine rings is 1. The molecule has 5 heteroatoms. The summed E-state index contributed by atoms with van der Waals surface area (Å²) in [7, 11) is 0. The molecule has 0 amide bonds. The minimum absolute atomic E-state index is 0.225. The maximum absolute atomic E-state index is 8.98. The van der Waals surface area contributed by atoms with Gasteiger partial charge in [0.15, 0.2) is 0 Å². The van der Waals surface area contributed by atoms with Gasteiger partial charge in [-0.2, -0.15) is 5.26 Å². The molecule has 1 aliphatic rings. The molecule has 0 N–H and O–H groups in total. The minimum Gasteiger partial charge on any atom is -0.378 e. The van der Waals surface area contributed by atoms with Crippen LogP contribution in [0.1, 0.15) is 31.3 Å². The van der Waals surface area contributed by atoms with E-state index >= 15 is 0 Å². The van der Waals surface area contributed by atoms with Gasteiger partial charge in [0.1, 0.15) is 23.4 Å². The fourth-order valence-electron chi connectivity index (χ4n) is 1.72. The Morgan fingerprint density at radius 2 is 2.06 bits per heavy atom. The lowest BCUT2D eigenvalue weighted by Gasteiger charge is -2.28. The highest BCUT2D eigenvalue weighted by molar-refractivity contribution is 5.43. The van der Waals surface area contributed by atoms with Crippen molar-refractivity contribution in [2.45, 2.75) is 19.8 Å². The Hall–Kier alpha value is -1.67. The number of hydrogen-bond acceptors (Lipinski definition) is 5. The molecule has 0 radical (unpaired) electrons. The van der Waals surface area contributed by atoms with Crippen LogP contribution in [-0.4, -0.2) is 36.3 Å². The Morgan fingerprint density at radius 1 is 1.35 bits per heavy atom. The zero-order valence-corrected chi connectivity index (χ0v) is 10.2. The Bertz CT molecular complexity index is 433. The van der Waals surface area contributed by atoms with Gasteiger partial charge >= 0.3 is 0 Å². The summed E-state index contributed by atoms with van der Waals surface area (Å²) in [6, 6.07) is 3.84. The van der Waals surface area contributed by atoms with E-state index in [4.69, 9.17) is 10.00 Å². The van der Waals surface area contributed by atoms with Gasteiger partial charge in [0.2, 0.25) is 0 Å². The van der Waals surface area contributed by atoms with Crippen LogP contribution in [0.2, 0.25) is 0 Å². The SMILES string of the molecule is CC(C)c1nc(C#N)cc(N2CCOCC2)n1. The van der Waals surface area contributed by atoms with Gasteiger partial charge in [0.25, 0.3) is 0 Å². The Labute approximate surface area is 101 Å². The van der Waals surface area contributed by atoms with Crippen LogP contribution >= 0.6 is 0 Å². The van der Waals surface area contributed by atoms with Crippen LogP contribution in [-0.2, 0) is 4.74 Å². The van der Waals surface area contributed by atoms with Crippen molar-refractivity contribution in [3.8, 4) is 6.07 Å². The summed E-state index contributed by atoms with van der Waals surface area (Å²) in [6.45, 7) is 7.11. The molecule has 0 saturated carbocycles. The third kappa shape index (κ3) is 2.71. The highest BCUT2D eigenvalue weighted by atomic mass is 16.5. The number of rotatable bonds is 2. The first-order valence-corrected chi connectivity index (χ1v) is 5.82. The van der Waals surface area contributed by atoms with E-state index in [2.05, 4.69) is 20.9 Å². The molecular formula is C12H16N4O. The van der Waals surface area contributed by atoms with E-state index in [0.29, 0.717) is 18.9 Å². The molecular weight excluding hydrogens is 216 g/mol. The number of nitriles is 1. The van der Waals surface area contributed by atoms with E-state index in [-0.39, 0.29) is 5.92 Å². The molecule has 1 aromatic rings. The van der Waals surface area contributed by atoms with Gasteiger partial charge in [0.05, 0.1) is 13.2 Å². The molecule has 1 fully saturated rings. The molecule has 1 aliphatic heterocycles. The second kappa shape index (κ2) is 5.11. The third-order valence-corrected chi connectivity index (χ3v) is 2.70. The van der Waals surface area contributed by atoms with Crippen LogP contribution in [0.4, 0.5) is 5.82 Å². The summed E-state index contributed by atoms with van der Waals surface area (Å²) in [5.41, 5.74) is 0.435. The van der Waals surface area contributed by atoms with Crippen molar-refractivity contribution in [3.05, 3.63) is 17.6 Å². The topological polar surface area (TPSA) is 62.0 Å². The van der Waals surface area contributed by atoms with Crippen molar-refractivity contribution in [1.82, 2.24) is 9.97 Å². The van der Waals surface area contributed by atoms with Gasteiger partial charge in [-0.05, 0) is 0 Å². The molecule has 0 aromatic carbocycles. The van der Waals surface area contributed by atoms with Crippen LogP contribution in [0.25, 0.3) is 0 Å². The van der Waals surface area contributed by atoms with Crippen molar-refractivity contribution in [1.29, 1.82) is 5.26 Å². The maximum Gasteiger partial charge on any atom is 0.146 e. The van der Waals surface area contributed by atoms with E-state index in [0.717, 1.165) is 24.7 Å². The van der Waals surface area contributed by atoms with E-state index in [1.165, 1.54) is 0 Å². The summed E-state index contributed by atoms with van der Waals surface area (Å²) in [4.78, 5) is 10.9. The Balaban J connectivity index is 2.32. The fraction of sp³-hybridized carbons (Fsp3) is 0.583. The molecule has 0 spiro atoms. The average Bonchev–Trinajstić information content (AvgIpc) is 2.39. The van der Waals surface area contributed by atoms with E-state index in [9.17, 15) is 0 Å². The molecule has 2 heterocycles. The van der Waals surface area contributed by atoms with Crippen LogP contribution in [0.3, 0.4) is 0 Å². The first-order chi connectivity index (χ1) is 8.20. The summed E-state index contributed by atoms with van der Waals surface area (Å²) in [6.07, 6.45) is 0. The molecule has 0 aliphatic carbocycles. The monoisotopic (exact) mass is 232 g/mol. The molecule has 17 heavy (non-hydrogen) atoms. The Morgan fingerprint density at radius 3 is 2.65 bits per heavy atom. The van der Waals surface area contributed by atoms with Gasteiger partial charge in [-0.3, -0.25) is 0 Å². The number of ether oxygens (including phenoxy) is 1. The average molecular weight is 232 g/mol. The van der Waals surface area contributed by atoms with E-state index in [1.54, 1.807) is 6.07 Å². The summed E-state index contributed by atoms with van der Waals surface area (Å²) < 4.78 is 5.31. The second-order valence-corrected chi connectivity index (χ2v) is 4.34. The van der Waals surface area contributed by atoms with Crippen molar-refractivity contribution in [2.75, 3.05) is 31.2 Å². The zero-order chi connectivity index (χ0) is 12.3. The van der Waals surface area contributed by atoms with E-state index in [1.807, 2.05) is 13.8 Å².